The Morgan fingerprint density at radius 3 is 3.20 bits per heavy atom. The highest BCUT2D eigenvalue weighted by Crippen LogP contribution is 2.19. The number of allylic oxidation sites excluding steroid dienone is 1. The summed E-state index contributed by atoms with van der Waals surface area (Å²) in [5.41, 5.74) is 7.85. The van der Waals surface area contributed by atoms with Crippen LogP contribution < -0.4 is 10.6 Å². The van der Waals surface area contributed by atoms with Crippen LogP contribution in [0.1, 0.15) is 19.5 Å². The summed E-state index contributed by atoms with van der Waals surface area (Å²) in [5, 5.41) is 0. The Bertz CT molecular complexity index is 411. The van der Waals surface area contributed by atoms with Gasteiger partial charge in [-0.3, -0.25) is 0 Å². The van der Waals surface area contributed by atoms with E-state index in [0.717, 1.165) is 18.1 Å². The minimum absolute atomic E-state index is 0.538. The largest absolute Gasteiger partial charge is 0.382 e. The Morgan fingerprint density at radius 1 is 1.67 bits per heavy atom. The molecule has 5 heteroatoms. The van der Waals surface area contributed by atoms with E-state index in [4.69, 9.17) is 5.73 Å². The number of hydrogen-bond donors (Lipinski definition) is 2. The van der Waals surface area contributed by atoms with E-state index < -0.39 is 0 Å². The van der Waals surface area contributed by atoms with E-state index in [9.17, 15) is 0 Å². The first-order valence-corrected chi connectivity index (χ1v) is 4.90. The number of nitrogens with two attached hydrogens (primary N) is 1. The Kier molecular flexibility index (Phi) is 2.45. The zero-order valence-corrected chi connectivity index (χ0v) is 8.99. The van der Waals surface area contributed by atoms with E-state index in [1.807, 2.05) is 0 Å². The molecule has 1 aliphatic rings. The van der Waals surface area contributed by atoms with Crippen molar-refractivity contribution in [3.05, 3.63) is 23.7 Å². The number of fused-ring (bicyclic) bond motifs is 1. The molecule has 3 N–H and O–H groups in total. The van der Waals surface area contributed by atoms with Crippen molar-refractivity contribution in [3.63, 3.8) is 0 Å². The number of rotatable bonds is 2. The van der Waals surface area contributed by atoms with Crippen molar-refractivity contribution in [1.82, 2.24) is 9.97 Å². The van der Waals surface area contributed by atoms with Crippen LogP contribution in [-0.2, 0) is 0 Å². The number of aromatic amines is 1. The average molecular weight is 205 g/mol. The zero-order valence-electron chi connectivity index (χ0n) is 8.99. The van der Waals surface area contributed by atoms with Crippen molar-refractivity contribution in [1.29, 1.82) is 0 Å². The van der Waals surface area contributed by atoms with Crippen LogP contribution in [0.4, 0.5) is 5.82 Å². The molecule has 0 aromatic carbocycles. The SMILES string of the molecule is CC(C)=CCN1CN=C(N)c2[nH]cnc21. The van der Waals surface area contributed by atoms with Crippen LogP contribution in [0.3, 0.4) is 0 Å². The summed E-state index contributed by atoms with van der Waals surface area (Å²) >= 11 is 0. The summed E-state index contributed by atoms with van der Waals surface area (Å²) in [5.74, 6) is 1.43. The van der Waals surface area contributed by atoms with Crippen LogP contribution in [0.5, 0.6) is 0 Å². The number of hydrogen-bond acceptors (Lipinski definition) is 4. The molecule has 0 bridgehead atoms. The molecule has 5 nitrogen and oxygen atoms in total. The van der Waals surface area contributed by atoms with Gasteiger partial charge >= 0.3 is 0 Å². The predicted molar refractivity (Wildman–Crippen MR) is 61.0 cm³/mol. The van der Waals surface area contributed by atoms with Crippen LogP contribution in [0, 0.1) is 0 Å². The van der Waals surface area contributed by atoms with E-state index in [2.05, 4.69) is 39.8 Å². The van der Waals surface area contributed by atoms with Crippen molar-refractivity contribution < 1.29 is 0 Å². The first-order valence-electron chi connectivity index (χ1n) is 4.90. The Morgan fingerprint density at radius 2 is 2.47 bits per heavy atom. The Labute approximate surface area is 88.7 Å². The minimum atomic E-state index is 0.538. The number of nitrogens with one attached hydrogen (secondary N) is 1. The third kappa shape index (κ3) is 1.86. The molecule has 2 heterocycles. The van der Waals surface area contributed by atoms with Gasteiger partial charge in [-0.25, -0.2) is 9.98 Å². The van der Waals surface area contributed by atoms with E-state index in [1.165, 1.54) is 5.57 Å². The van der Waals surface area contributed by atoms with Crippen molar-refractivity contribution >= 4 is 11.7 Å². The van der Waals surface area contributed by atoms with Crippen molar-refractivity contribution in [3.8, 4) is 0 Å². The summed E-state index contributed by atoms with van der Waals surface area (Å²) in [6.07, 6.45) is 3.80. The zero-order chi connectivity index (χ0) is 10.8. The van der Waals surface area contributed by atoms with Crippen LogP contribution in [0.2, 0.25) is 0 Å². The number of aromatic nitrogens is 2. The van der Waals surface area contributed by atoms with E-state index in [-0.39, 0.29) is 0 Å². The van der Waals surface area contributed by atoms with Gasteiger partial charge in [-0.2, -0.15) is 0 Å². The van der Waals surface area contributed by atoms with Gasteiger partial charge in [0.1, 0.15) is 18.2 Å². The van der Waals surface area contributed by atoms with E-state index >= 15 is 0 Å². The molecule has 0 atom stereocenters. The van der Waals surface area contributed by atoms with Crippen LogP contribution in [0.25, 0.3) is 0 Å². The Hall–Kier alpha value is -1.78. The first kappa shape index (κ1) is 9.76. The topological polar surface area (TPSA) is 70.3 Å². The number of amidine groups is 1. The van der Waals surface area contributed by atoms with Gasteiger partial charge in [0.05, 0.1) is 6.33 Å². The standard InChI is InChI=1S/C10H15N5/c1-7(2)3-4-15-6-14-9(11)8-10(15)13-5-12-8/h3,5H,4,6H2,1-2H3,(H2,11,14)(H,12,13). The smallest absolute Gasteiger partial charge is 0.159 e. The fourth-order valence-electron chi connectivity index (χ4n) is 1.46. The summed E-state index contributed by atoms with van der Waals surface area (Å²) < 4.78 is 0. The van der Waals surface area contributed by atoms with Crippen LogP contribution in [-0.4, -0.2) is 29.0 Å². The highest BCUT2D eigenvalue weighted by molar-refractivity contribution is 6.01. The van der Waals surface area contributed by atoms with Crippen molar-refractivity contribution in [2.24, 2.45) is 10.7 Å². The summed E-state index contributed by atoms with van der Waals surface area (Å²) in [6, 6.07) is 0. The summed E-state index contributed by atoms with van der Waals surface area (Å²) in [7, 11) is 0. The summed E-state index contributed by atoms with van der Waals surface area (Å²) in [6.45, 7) is 5.55. The second kappa shape index (κ2) is 3.76. The lowest BCUT2D eigenvalue weighted by molar-refractivity contribution is 0.844. The van der Waals surface area contributed by atoms with Gasteiger partial charge in [-0.05, 0) is 13.8 Å². The van der Waals surface area contributed by atoms with Crippen molar-refractivity contribution in [2.45, 2.75) is 13.8 Å². The van der Waals surface area contributed by atoms with Gasteiger partial charge in [0.25, 0.3) is 0 Å². The quantitative estimate of drug-likeness (QED) is 0.703. The number of H-pyrrole nitrogens is 1. The highest BCUT2D eigenvalue weighted by atomic mass is 15.3. The number of imidazole rings is 1. The number of anilines is 1. The molecule has 1 aromatic heterocycles. The second-order valence-electron chi connectivity index (χ2n) is 3.79. The molecule has 15 heavy (non-hydrogen) atoms. The Balaban J connectivity index is 2.22. The average Bonchev–Trinajstić information content (AvgIpc) is 2.66. The lowest BCUT2D eigenvalue weighted by Gasteiger charge is -2.23. The predicted octanol–water partition coefficient (Wildman–Crippen LogP) is 0.859. The van der Waals surface area contributed by atoms with Gasteiger partial charge in [-0.15, -0.1) is 0 Å². The van der Waals surface area contributed by atoms with Crippen molar-refractivity contribution in [2.75, 3.05) is 18.1 Å². The second-order valence-corrected chi connectivity index (χ2v) is 3.79. The molecule has 0 unspecified atom stereocenters. The third-order valence-electron chi connectivity index (χ3n) is 2.31. The van der Waals surface area contributed by atoms with Gasteiger partial charge < -0.3 is 15.6 Å². The molecule has 80 valence electrons. The van der Waals surface area contributed by atoms with Gasteiger partial charge in [0.15, 0.2) is 5.82 Å². The third-order valence-corrected chi connectivity index (χ3v) is 2.31. The van der Waals surface area contributed by atoms with Gasteiger partial charge in [0.2, 0.25) is 0 Å². The molecular formula is C10H15N5. The molecule has 0 fully saturated rings. The molecule has 0 saturated heterocycles. The maximum atomic E-state index is 5.75. The molecule has 1 aliphatic heterocycles. The fourth-order valence-corrected chi connectivity index (χ4v) is 1.46. The molecule has 0 spiro atoms. The first-order chi connectivity index (χ1) is 7.18. The fraction of sp³-hybridized carbons (Fsp3) is 0.400. The maximum absolute atomic E-state index is 5.75. The molecule has 2 rings (SSSR count). The van der Waals surface area contributed by atoms with Crippen LogP contribution >= 0.6 is 0 Å². The van der Waals surface area contributed by atoms with E-state index in [1.54, 1.807) is 6.33 Å². The molecule has 1 aromatic rings. The van der Waals surface area contributed by atoms with Gasteiger partial charge in [-0.1, -0.05) is 11.6 Å². The summed E-state index contributed by atoms with van der Waals surface area (Å²) in [4.78, 5) is 13.5. The maximum Gasteiger partial charge on any atom is 0.159 e. The molecule has 0 amide bonds. The molecule has 0 saturated carbocycles. The van der Waals surface area contributed by atoms with E-state index in [0.29, 0.717) is 12.5 Å². The molecule has 0 aliphatic carbocycles. The highest BCUT2D eigenvalue weighted by Gasteiger charge is 2.19. The van der Waals surface area contributed by atoms with Crippen LogP contribution in [0.15, 0.2) is 23.0 Å². The molecular weight excluding hydrogens is 190 g/mol. The van der Waals surface area contributed by atoms with Gasteiger partial charge in [0, 0.05) is 6.54 Å². The monoisotopic (exact) mass is 205 g/mol. The lowest BCUT2D eigenvalue weighted by atomic mass is 10.3. The lowest BCUT2D eigenvalue weighted by Crippen LogP contribution is -2.33. The molecule has 0 radical (unpaired) electrons. The number of aliphatic imine (C=N–C) groups is 1. The number of nitrogens with zero attached hydrogens (tertiary/aromatic N) is 3. The minimum Gasteiger partial charge on any atom is -0.382 e. The normalized spacial score (nSPS) is 14.5.